The Morgan fingerprint density at radius 1 is 1.24 bits per heavy atom. The fraction of sp³-hybridized carbons (Fsp3) is 0.909. The summed E-state index contributed by atoms with van der Waals surface area (Å²) in [5.41, 5.74) is -0.476. The molecule has 0 radical (unpaired) electrons. The van der Waals surface area contributed by atoms with Crippen molar-refractivity contribution in [2.24, 2.45) is 0 Å². The predicted molar refractivity (Wildman–Crippen MR) is 64.6 cm³/mol. The van der Waals surface area contributed by atoms with E-state index < -0.39 is 11.7 Å². The molecule has 1 amide bonds. The van der Waals surface area contributed by atoms with Gasteiger partial charge in [0.2, 0.25) is 6.54 Å². The molecule has 0 bridgehead atoms. The number of nitro groups is 1. The van der Waals surface area contributed by atoms with Crippen LogP contribution in [0, 0.1) is 10.1 Å². The van der Waals surface area contributed by atoms with Crippen molar-refractivity contribution in [1.82, 2.24) is 5.32 Å². The van der Waals surface area contributed by atoms with Gasteiger partial charge >= 0.3 is 6.09 Å². The van der Waals surface area contributed by atoms with E-state index in [2.05, 4.69) is 5.32 Å². The van der Waals surface area contributed by atoms with E-state index in [0.29, 0.717) is 13.0 Å². The number of carbonyl (C=O) groups excluding carboxylic acids is 1. The van der Waals surface area contributed by atoms with Crippen molar-refractivity contribution in [1.29, 1.82) is 0 Å². The molecule has 0 spiro atoms. The first-order valence-corrected chi connectivity index (χ1v) is 5.90. The largest absolute Gasteiger partial charge is 0.444 e. The van der Waals surface area contributed by atoms with Crippen LogP contribution in [0.2, 0.25) is 0 Å². The molecule has 0 heterocycles. The average molecular weight is 246 g/mol. The van der Waals surface area contributed by atoms with E-state index in [4.69, 9.17) is 4.74 Å². The second-order valence-corrected chi connectivity index (χ2v) is 4.90. The third-order valence-corrected chi connectivity index (χ3v) is 1.94. The first-order valence-electron chi connectivity index (χ1n) is 5.90. The second kappa shape index (κ2) is 7.86. The number of hydrogen-bond acceptors (Lipinski definition) is 4. The van der Waals surface area contributed by atoms with E-state index in [-0.39, 0.29) is 11.5 Å². The first kappa shape index (κ1) is 15.7. The number of amides is 1. The zero-order valence-corrected chi connectivity index (χ0v) is 10.8. The van der Waals surface area contributed by atoms with Crippen LogP contribution in [0.5, 0.6) is 0 Å². The van der Waals surface area contributed by atoms with Crippen LogP contribution in [0.4, 0.5) is 4.79 Å². The normalized spacial score (nSPS) is 11.0. The van der Waals surface area contributed by atoms with Gasteiger partial charge in [-0.1, -0.05) is 6.42 Å². The minimum absolute atomic E-state index is 0.0273. The van der Waals surface area contributed by atoms with E-state index in [1.54, 1.807) is 0 Å². The lowest BCUT2D eigenvalue weighted by molar-refractivity contribution is -0.480. The Labute approximate surface area is 102 Å². The number of ether oxygens (including phenoxy) is 1. The Morgan fingerprint density at radius 2 is 1.82 bits per heavy atom. The van der Waals surface area contributed by atoms with Gasteiger partial charge in [-0.2, -0.15) is 0 Å². The van der Waals surface area contributed by atoms with Gasteiger partial charge in [0.1, 0.15) is 5.60 Å². The highest BCUT2D eigenvalue weighted by Crippen LogP contribution is 2.06. The maximum Gasteiger partial charge on any atom is 0.407 e. The highest BCUT2D eigenvalue weighted by atomic mass is 16.6. The van der Waals surface area contributed by atoms with E-state index in [1.807, 2.05) is 20.8 Å². The smallest absolute Gasteiger partial charge is 0.407 e. The predicted octanol–water partition coefficient (Wildman–Crippen LogP) is 2.35. The molecule has 100 valence electrons. The molecule has 0 rings (SSSR count). The van der Waals surface area contributed by atoms with Crippen molar-refractivity contribution in [3.8, 4) is 0 Å². The molecule has 17 heavy (non-hydrogen) atoms. The molecular weight excluding hydrogens is 224 g/mol. The van der Waals surface area contributed by atoms with Crippen molar-refractivity contribution in [3.63, 3.8) is 0 Å². The van der Waals surface area contributed by atoms with Crippen molar-refractivity contribution < 1.29 is 14.5 Å². The molecule has 0 atom stereocenters. The van der Waals surface area contributed by atoms with Crippen LogP contribution in [0.3, 0.4) is 0 Å². The van der Waals surface area contributed by atoms with Gasteiger partial charge in [-0.05, 0) is 33.6 Å². The molecule has 0 saturated carbocycles. The summed E-state index contributed by atoms with van der Waals surface area (Å²) < 4.78 is 5.06. The summed E-state index contributed by atoms with van der Waals surface area (Å²) in [7, 11) is 0. The summed E-state index contributed by atoms with van der Waals surface area (Å²) in [5.74, 6) is 0. The van der Waals surface area contributed by atoms with Gasteiger partial charge in [-0.15, -0.1) is 0 Å². The van der Waals surface area contributed by atoms with Crippen LogP contribution >= 0.6 is 0 Å². The van der Waals surface area contributed by atoms with E-state index in [9.17, 15) is 14.9 Å². The van der Waals surface area contributed by atoms with Gasteiger partial charge in [0, 0.05) is 17.9 Å². The molecule has 0 aliphatic heterocycles. The zero-order valence-electron chi connectivity index (χ0n) is 10.8. The van der Waals surface area contributed by atoms with E-state index in [1.165, 1.54) is 0 Å². The molecule has 1 N–H and O–H groups in total. The Morgan fingerprint density at radius 3 is 2.35 bits per heavy atom. The number of rotatable bonds is 7. The molecule has 0 unspecified atom stereocenters. The summed E-state index contributed by atoms with van der Waals surface area (Å²) in [4.78, 5) is 20.9. The highest BCUT2D eigenvalue weighted by molar-refractivity contribution is 5.67. The third-order valence-electron chi connectivity index (χ3n) is 1.94. The quantitative estimate of drug-likeness (QED) is 0.424. The van der Waals surface area contributed by atoms with Crippen LogP contribution in [0.15, 0.2) is 0 Å². The van der Waals surface area contributed by atoms with Gasteiger partial charge in [-0.25, -0.2) is 4.79 Å². The topological polar surface area (TPSA) is 81.5 Å². The van der Waals surface area contributed by atoms with Crippen molar-refractivity contribution in [2.45, 2.75) is 52.1 Å². The molecule has 6 nitrogen and oxygen atoms in total. The van der Waals surface area contributed by atoms with E-state index >= 15 is 0 Å². The summed E-state index contributed by atoms with van der Waals surface area (Å²) >= 11 is 0. The molecule has 0 fully saturated rings. The number of nitrogens with one attached hydrogen (secondary N) is 1. The summed E-state index contributed by atoms with van der Waals surface area (Å²) in [6.45, 7) is 6.01. The molecule has 0 aliphatic carbocycles. The Bertz CT molecular complexity index is 248. The second-order valence-electron chi connectivity index (χ2n) is 4.90. The molecule has 0 aromatic carbocycles. The fourth-order valence-corrected chi connectivity index (χ4v) is 1.22. The van der Waals surface area contributed by atoms with E-state index in [0.717, 1.165) is 19.3 Å². The van der Waals surface area contributed by atoms with Crippen LogP contribution in [0.25, 0.3) is 0 Å². The molecule has 0 aromatic rings. The van der Waals surface area contributed by atoms with Crippen LogP contribution in [-0.4, -0.2) is 29.7 Å². The number of carbonyl (C=O) groups is 1. The molecule has 0 aliphatic rings. The number of nitrogens with zero attached hydrogens (tertiary/aromatic N) is 1. The fourth-order valence-electron chi connectivity index (χ4n) is 1.22. The van der Waals surface area contributed by atoms with Gasteiger partial charge in [0.05, 0.1) is 0 Å². The van der Waals surface area contributed by atoms with Crippen LogP contribution in [0.1, 0.15) is 46.5 Å². The van der Waals surface area contributed by atoms with Gasteiger partial charge in [0.25, 0.3) is 0 Å². The summed E-state index contributed by atoms with van der Waals surface area (Å²) in [6, 6.07) is 0. The number of alkyl carbamates (subject to hydrolysis) is 1. The minimum atomic E-state index is -0.476. The van der Waals surface area contributed by atoms with Gasteiger partial charge in [-0.3, -0.25) is 10.1 Å². The Balaban J connectivity index is 3.34. The molecule has 6 heteroatoms. The summed E-state index contributed by atoms with van der Waals surface area (Å²) in [6.07, 6.45) is 2.69. The number of hydrogen-bond donors (Lipinski definition) is 1. The molecule has 0 aromatic heterocycles. The van der Waals surface area contributed by atoms with Crippen molar-refractivity contribution in [3.05, 3.63) is 10.1 Å². The lowest BCUT2D eigenvalue weighted by Gasteiger charge is -2.19. The van der Waals surface area contributed by atoms with Crippen LogP contribution in [-0.2, 0) is 4.74 Å². The third kappa shape index (κ3) is 12.6. The SMILES string of the molecule is CC(C)(C)OC(=O)NCCCCCC[N+](=O)[O-]. The van der Waals surface area contributed by atoms with Crippen molar-refractivity contribution in [2.75, 3.05) is 13.1 Å². The lowest BCUT2D eigenvalue weighted by atomic mass is 10.2. The first-order chi connectivity index (χ1) is 7.81. The van der Waals surface area contributed by atoms with Crippen molar-refractivity contribution >= 4 is 6.09 Å². The summed E-state index contributed by atoms with van der Waals surface area (Å²) in [5, 5.41) is 12.7. The van der Waals surface area contributed by atoms with Crippen LogP contribution < -0.4 is 5.32 Å². The lowest BCUT2D eigenvalue weighted by Crippen LogP contribution is -2.32. The maximum absolute atomic E-state index is 11.2. The van der Waals surface area contributed by atoms with Gasteiger partial charge < -0.3 is 10.1 Å². The Kier molecular flexibility index (Phi) is 7.25. The van der Waals surface area contributed by atoms with Gasteiger partial charge in [0.15, 0.2) is 0 Å². The number of unbranched alkanes of at least 4 members (excludes halogenated alkanes) is 3. The monoisotopic (exact) mass is 246 g/mol. The zero-order chi connectivity index (χ0) is 13.3. The Hall–Kier alpha value is -1.33. The highest BCUT2D eigenvalue weighted by Gasteiger charge is 2.15. The minimum Gasteiger partial charge on any atom is -0.444 e. The molecule has 0 saturated heterocycles. The average Bonchev–Trinajstić information content (AvgIpc) is 2.12. The maximum atomic E-state index is 11.2. The molecular formula is C11H22N2O4. The standard InChI is InChI=1S/C11H22N2O4/c1-11(2,3)17-10(14)12-8-6-4-5-7-9-13(15)16/h4-9H2,1-3H3,(H,12,14).